The Labute approximate surface area is 220 Å². The maximum Gasteiger partial charge on any atom is 0.227 e. The first kappa shape index (κ1) is 23.2. The van der Waals surface area contributed by atoms with Gasteiger partial charge in [-0.05, 0) is 49.2 Å². The van der Waals surface area contributed by atoms with Crippen molar-refractivity contribution in [2.75, 3.05) is 5.32 Å². The van der Waals surface area contributed by atoms with E-state index in [1.54, 1.807) is 61.1 Å². The zero-order valence-electron chi connectivity index (χ0n) is 20.5. The van der Waals surface area contributed by atoms with Crippen molar-refractivity contribution >= 4 is 33.5 Å². The van der Waals surface area contributed by atoms with Gasteiger partial charge in [0.1, 0.15) is 28.5 Å². The number of pyridine rings is 2. The first-order chi connectivity index (χ1) is 19.1. The summed E-state index contributed by atoms with van der Waals surface area (Å²) in [7, 11) is 0. The summed E-state index contributed by atoms with van der Waals surface area (Å²) in [4.78, 5) is 28.8. The van der Waals surface area contributed by atoms with E-state index in [0.717, 1.165) is 19.3 Å². The highest BCUT2D eigenvalue weighted by molar-refractivity contribution is 5.98. The molecule has 7 rings (SSSR count). The highest BCUT2D eigenvalue weighted by atomic mass is 19.1. The van der Waals surface area contributed by atoms with E-state index in [9.17, 15) is 9.18 Å². The standard InChI is InChI=1S/C29H21F2N7O/c30-20-7-2-1-6-19(20)25-26-22(10-11-33-25)35-28(36-26)27-23-21(37-38-27)9-8-18(24(23)31)16-12-17(14-32-13-16)34-29(39)15-4-3-5-15/h1-2,6-15H,3-5H2,(H,34,39)(H,35,36)(H,37,38). The lowest BCUT2D eigenvalue weighted by molar-refractivity contribution is -0.122. The monoisotopic (exact) mass is 521 g/mol. The summed E-state index contributed by atoms with van der Waals surface area (Å²) in [5.41, 5.74) is 3.87. The first-order valence-electron chi connectivity index (χ1n) is 12.6. The predicted molar refractivity (Wildman–Crippen MR) is 144 cm³/mol. The second-order valence-corrected chi connectivity index (χ2v) is 9.62. The maximum absolute atomic E-state index is 16.1. The van der Waals surface area contributed by atoms with E-state index in [2.05, 4.69) is 35.5 Å². The van der Waals surface area contributed by atoms with Gasteiger partial charge < -0.3 is 10.3 Å². The van der Waals surface area contributed by atoms with Crippen LogP contribution in [-0.4, -0.2) is 36.0 Å². The molecule has 4 heterocycles. The number of H-pyrrole nitrogens is 2. The van der Waals surface area contributed by atoms with Crippen molar-refractivity contribution in [2.24, 2.45) is 5.92 Å². The Bertz CT molecular complexity index is 1890. The number of halogens is 2. The number of aromatic amines is 2. The number of fused-ring (bicyclic) bond motifs is 2. The second kappa shape index (κ2) is 9.09. The Morgan fingerprint density at radius 1 is 0.974 bits per heavy atom. The molecule has 39 heavy (non-hydrogen) atoms. The van der Waals surface area contributed by atoms with Gasteiger partial charge in [0.25, 0.3) is 0 Å². The van der Waals surface area contributed by atoms with E-state index in [1.165, 1.54) is 6.07 Å². The van der Waals surface area contributed by atoms with Gasteiger partial charge in [0.05, 0.1) is 28.3 Å². The molecule has 0 bridgehead atoms. The molecule has 6 aromatic rings. The van der Waals surface area contributed by atoms with Crippen molar-refractivity contribution in [1.29, 1.82) is 0 Å². The average Bonchev–Trinajstić information content (AvgIpc) is 3.53. The van der Waals surface area contributed by atoms with Crippen LogP contribution in [0.4, 0.5) is 14.5 Å². The van der Waals surface area contributed by atoms with Crippen molar-refractivity contribution in [3.05, 3.63) is 78.8 Å². The van der Waals surface area contributed by atoms with Gasteiger partial charge in [0.15, 0.2) is 5.82 Å². The second-order valence-electron chi connectivity index (χ2n) is 9.62. The lowest BCUT2D eigenvalue weighted by atomic mass is 9.85. The molecule has 0 aliphatic heterocycles. The number of nitrogens with one attached hydrogen (secondary N) is 3. The summed E-state index contributed by atoms with van der Waals surface area (Å²) in [6, 6.07) is 13.2. The average molecular weight is 522 g/mol. The number of carbonyl (C=O) groups excluding carboxylic acids is 1. The van der Waals surface area contributed by atoms with Crippen LogP contribution in [0.1, 0.15) is 19.3 Å². The number of aromatic nitrogens is 6. The highest BCUT2D eigenvalue weighted by Crippen LogP contribution is 2.36. The molecule has 0 unspecified atom stereocenters. The minimum absolute atomic E-state index is 0.0214. The van der Waals surface area contributed by atoms with Crippen LogP contribution in [0.5, 0.6) is 0 Å². The van der Waals surface area contributed by atoms with E-state index in [4.69, 9.17) is 0 Å². The Morgan fingerprint density at radius 2 is 1.85 bits per heavy atom. The first-order valence-corrected chi connectivity index (χ1v) is 12.6. The SMILES string of the molecule is O=C(Nc1cncc(-c2ccc3[nH]nc(-c4nc5c(-c6ccccc6F)nccc5[nH]4)c3c2F)c1)C1CCC1. The van der Waals surface area contributed by atoms with Crippen LogP contribution >= 0.6 is 0 Å². The summed E-state index contributed by atoms with van der Waals surface area (Å²) in [5, 5.41) is 10.3. The quantitative estimate of drug-likeness (QED) is 0.248. The normalized spacial score (nSPS) is 13.6. The number of rotatable bonds is 5. The number of carbonyl (C=O) groups is 1. The van der Waals surface area contributed by atoms with E-state index in [-0.39, 0.29) is 22.9 Å². The predicted octanol–water partition coefficient (Wildman–Crippen LogP) is 6.25. The van der Waals surface area contributed by atoms with E-state index in [0.29, 0.717) is 50.4 Å². The summed E-state index contributed by atoms with van der Waals surface area (Å²) >= 11 is 0. The van der Waals surface area contributed by atoms with E-state index in [1.807, 2.05) is 0 Å². The molecule has 10 heteroatoms. The fourth-order valence-electron chi connectivity index (χ4n) is 4.94. The van der Waals surface area contributed by atoms with Crippen LogP contribution in [0.3, 0.4) is 0 Å². The third-order valence-corrected chi connectivity index (χ3v) is 7.21. The molecule has 4 aromatic heterocycles. The largest absolute Gasteiger partial charge is 0.336 e. The Hall–Kier alpha value is -4.99. The number of nitrogens with zero attached hydrogens (tertiary/aromatic N) is 4. The molecule has 3 N–H and O–H groups in total. The van der Waals surface area contributed by atoms with Crippen molar-refractivity contribution in [3.63, 3.8) is 0 Å². The molecule has 0 spiro atoms. The fraction of sp³-hybridized carbons (Fsp3) is 0.138. The molecule has 1 aliphatic carbocycles. The number of anilines is 1. The summed E-state index contributed by atoms with van der Waals surface area (Å²) in [5.74, 6) is -0.621. The number of amides is 1. The minimum Gasteiger partial charge on any atom is -0.336 e. The molecule has 8 nitrogen and oxygen atoms in total. The lowest BCUT2D eigenvalue weighted by Gasteiger charge is -2.24. The van der Waals surface area contributed by atoms with Crippen LogP contribution < -0.4 is 5.32 Å². The maximum atomic E-state index is 16.1. The van der Waals surface area contributed by atoms with E-state index < -0.39 is 11.6 Å². The van der Waals surface area contributed by atoms with Gasteiger partial charge in [-0.1, -0.05) is 18.6 Å². The molecular formula is C29H21F2N7O. The van der Waals surface area contributed by atoms with Gasteiger partial charge in [-0.2, -0.15) is 5.10 Å². The molecule has 1 amide bonds. The van der Waals surface area contributed by atoms with Crippen LogP contribution in [0.25, 0.3) is 55.8 Å². The number of imidazole rings is 1. The van der Waals surface area contributed by atoms with Gasteiger partial charge in [0.2, 0.25) is 5.91 Å². The fourth-order valence-corrected chi connectivity index (χ4v) is 4.94. The highest BCUT2D eigenvalue weighted by Gasteiger charge is 2.26. The third-order valence-electron chi connectivity index (χ3n) is 7.21. The van der Waals surface area contributed by atoms with Crippen molar-refractivity contribution < 1.29 is 13.6 Å². The zero-order chi connectivity index (χ0) is 26.5. The Balaban J connectivity index is 1.30. The number of hydrogen-bond acceptors (Lipinski definition) is 5. The van der Waals surface area contributed by atoms with Gasteiger partial charge in [-0.25, -0.2) is 13.8 Å². The third kappa shape index (κ3) is 3.92. The van der Waals surface area contributed by atoms with Crippen molar-refractivity contribution in [2.45, 2.75) is 19.3 Å². The molecule has 1 aliphatic rings. The molecule has 0 atom stereocenters. The summed E-state index contributed by atoms with van der Waals surface area (Å²) in [6.45, 7) is 0. The van der Waals surface area contributed by atoms with Crippen molar-refractivity contribution in [3.8, 4) is 33.9 Å². The van der Waals surface area contributed by atoms with Crippen LogP contribution in [0.2, 0.25) is 0 Å². The summed E-state index contributed by atoms with van der Waals surface area (Å²) < 4.78 is 30.6. The topological polar surface area (TPSA) is 112 Å². The Kier molecular flexibility index (Phi) is 5.39. The van der Waals surface area contributed by atoms with Crippen molar-refractivity contribution in [1.82, 2.24) is 30.1 Å². The van der Waals surface area contributed by atoms with E-state index >= 15 is 4.39 Å². The minimum atomic E-state index is -0.506. The number of hydrogen-bond donors (Lipinski definition) is 3. The number of benzene rings is 2. The van der Waals surface area contributed by atoms with Gasteiger partial charge in [-0.15, -0.1) is 0 Å². The molecule has 0 radical (unpaired) electrons. The smallest absolute Gasteiger partial charge is 0.227 e. The molecule has 192 valence electrons. The van der Waals surface area contributed by atoms with Gasteiger partial charge in [0, 0.05) is 35.0 Å². The summed E-state index contributed by atoms with van der Waals surface area (Å²) in [6.07, 6.45) is 7.49. The van der Waals surface area contributed by atoms with Crippen LogP contribution in [-0.2, 0) is 4.79 Å². The lowest BCUT2D eigenvalue weighted by Crippen LogP contribution is -2.28. The van der Waals surface area contributed by atoms with Crippen LogP contribution in [0, 0.1) is 17.6 Å². The molecule has 0 saturated heterocycles. The van der Waals surface area contributed by atoms with Gasteiger partial charge >= 0.3 is 0 Å². The molecule has 1 saturated carbocycles. The molecule has 2 aromatic carbocycles. The van der Waals surface area contributed by atoms with Crippen LogP contribution in [0.15, 0.2) is 67.1 Å². The van der Waals surface area contributed by atoms with Gasteiger partial charge in [-0.3, -0.25) is 19.9 Å². The molecule has 1 fully saturated rings. The zero-order valence-corrected chi connectivity index (χ0v) is 20.5. The Morgan fingerprint density at radius 3 is 2.67 bits per heavy atom. The molecular weight excluding hydrogens is 500 g/mol.